The summed E-state index contributed by atoms with van der Waals surface area (Å²) in [7, 11) is 0. The van der Waals surface area contributed by atoms with Crippen LogP contribution in [0.3, 0.4) is 0 Å². The van der Waals surface area contributed by atoms with Gasteiger partial charge in [-0.25, -0.2) is 4.39 Å². The Morgan fingerprint density at radius 1 is 0.917 bits per heavy atom. The molecule has 0 atom stereocenters. The summed E-state index contributed by atoms with van der Waals surface area (Å²) in [5.74, 6) is 2.11. The van der Waals surface area contributed by atoms with Crippen LogP contribution in [-0.2, 0) is 0 Å². The highest BCUT2D eigenvalue weighted by Gasteiger charge is 2.20. The second kappa shape index (κ2) is 8.14. The van der Waals surface area contributed by atoms with Gasteiger partial charge < -0.3 is 4.74 Å². The Labute approximate surface area is 144 Å². The molecule has 2 heteroatoms. The Morgan fingerprint density at radius 2 is 1.50 bits per heavy atom. The molecule has 1 nitrogen and oxygen atoms in total. The van der Waals surface area contributed by atoms with Crippen molar-refractivity contribution in [1.29, 1.82) is 0 Å². The molecule has 3 rings (SSSR count). The fourth-order valence-electron chi connectivity index (χ4n) is 3.54. The van der Waals surface area contributed by atoms with Crippen molar-refractivity contribution in [2.24, 2.45) is 5.92 Å². The van der Waals surface area contributed by atoms with Crippen LogP contribution in [0.5, 0.6) is 5.75 Å². The second-order valence-electron chi connectivity index (χ2n) is 6.53. The molecule has 0 saturated heterocycles. The fraction of sp³-hybridized carbons (Fsp3) is 0.364. The number of benzene rings is 2. The molecule has 0 amide bonds. The molecule has 1 fully saturated rings. The van der Waals surface area contributed by atoms with Crippen molar-refractivity contribution >= 4 is 0 Å². The van der Waals surface area contributed by atoms with Gasteiger partial charge in [-0.1, -0.05) is 42.5 Å². The van der Waals surface area contributed by atoms with E-state index in [9.17, 15) is 4.39 Å². The zero-order valence-electron chi connectivity index (χ0n) is 14.1. The first-order valence-electron chi connectivity index (χ1n) is 8.82. The largest absolute Gasteiger partial charge is 0.491 e. The predicted molar refractivity (Wildman–Crippen MR) is 98.2 cm³/mol. The minimum Gasteiger partial charge on any atom is -0.491 e. The van der Waals surface area contributed by atoms with E-state index in [1.807, 2.05) is 24.3 Å². The van der Waals surface area contributed by atoms with Gasteiger partial charge in [0.25, 0.3) is 0 Å². The van der Waals surface area contributed by atoms with Crippen molar-refractivity contribution in [3.05, 3.63) is 66.7 Å². The Morgan fingerprint density at radius 3 is 2.04 bits per heavy atom. The van der Waals surface area contributed by atoms with Crippen LogP contribution in [0.4, 0.5) is 4.39 Å². The van der Waals surface area contributed by atoms with Crippen molar-refractivity contribution in [3.8, 4) is 16.9 Å². The Kier molecular flexibility index (Phi) is 5.68. The molecule has 2 aromatic carbocycles. The van der Waals surface area contributed by atoms with E-state index in [1.54, 1.807) is 0 Å². The van der Waals surface area contributed by atoms with E-state index in [-0.39, 0.29) is 6.61 Å². The van der Waals surface area contributed by atoms with Crippen LogP contribution in [0.15, 0.2) is 61.2 Å². The number of allylic oxidation sites excluding steroid dienone is 1. The average molecular weight is 324 g/mol. The number of ether oxygens (including phenoxy) is 1. The van der Waals surface area contributed by atoms with Crippen molar-refractivity contribution < 1.29 is 9.13 Å². The normalized spacial score (nSPS) is 20.5. The summed E-state index contributed by atoms with van der Waals surface area (Å²) in [6, 6.07) is 16.8. The average Bonchev–Trinajstić information content (AvgIpc) is 2.67. The lowest BCUT2D eigenvalue weighted by Crippen LogP contribution is -2.11. The zero-order valence-corrected chi connectivity index (χ0v) is 14.1. The molecule has 0 bridgehead atoms. The summed E-state index contributed by atoms with van der Waals surface area (Å²) in [6.07, 6.45) is 7.15. The number of halogens is 1. The van der Waals surface area contributed by atoms with Crippen molar-refractivity contribution in [1.82, 2.24) is 0 Å². The van der Waals surface area contributed by atoms with E-state index in [0.29, 0.717) is 17.6 Å². The molecule has 0 unspecified atom stereocenters. The molecule has 24 heavy (non-hydrogen) atoms. The topological polar surface area (TPSA) is 9.23 Å². The minimum atomic E-state index is -0.460. The minimum absolute atomic E-state index is 0.113. The first-order chi connectivity index (χ1) is 11.8. The summed E-state index contributed by atoms with van der Waals surface area (Å²) in [6.45, 7) is 3.58. The first-order valence-corrected chi connectivity index (χ1v) is 8.82. The highest BCUT2D eigenvalue weighted by atomic mass is 19.1. The summed E-state index contributed by atoms with van der Waals surface area (Å²) in [5, 5.41) is 0. The summed E-state index contributed by atoms with van der Waals surface area (Å²) < 4.78 is 17.4. The van der Waals surface area contributed by atoms with Crippen LogP contribution in [-0.4, -0.2) is 13.3 Å². The molecule has 1 aliphatic rings. The molecular formula is C22H25FO. The second-order valence-corrected chi connectivity index (χ2v) is 6.53. The third kappa shape index (κ3) is 4.05. The van der Waals surface area contributed by atoms with Crippen LogP contribution in [0.2, 0.25) is 0 Å². The van der Waals surface area contributed by atoms with Crippen molar-refractivity contribution in [2.75, 3.05) is 13.3 Å². The lowest BCUT2D eigenvalue weighted by molar-refractivity contribution is 0.273. The van der Waals surface area contributed by atoms with Crippen LogP contribution in [0, 0.1) is 5.92 Å². The van der Waals surface area contributed by atoms with Gasteiger partial charge in [0, 0.05) is 0 Å². The van der Waals surface area contributed by atoms with Gasteiger partial charge in [0.2, 0.25) is 0 Å². The smallest absolute Gasteiger partial charge is 0.123 e. The van der Waals surface area contributed by atoms with Crippen LogP contribution in [0.1, 0.15) is 37.2 Å². The maximum atomic E-state index is 12.1. The predicted octanol–water partition coefficient (Wildman–Crippen LogP) is 6.16. The molecule has 0 radical (unpaired) electrons. The molecule has 1 saturated carbocycles. The molecule has 0 N–H and O–H groups in total. The van der Waals surface area contributed by atoms with Crippen LogP contribution >= 0.6 is 0 Å². The van der Waals surface area contributed by atoms with Gasteiger partial charge in [-0.2, -0.15) is 0 Å². The quantitative estimate of drug-likeness (QED) is 0.578. The van der Waals surface area contributed by atoms with E-state index >= 15 is 0 Å². The third-order valence-corrected chi connectivity index (χ3v) is 5.02. The number of hydrogen-bond acceptors (Lipinski definition) is 1. The monoisotopic (exact) mass is 324 g/mol. The van der Waals surface area contributed by atoms with Crippen molar-refractivity contribution in [2.45, 2.75) is 31.6 Å². The Hall–Kier alpha value is -2.09. The van der Waals surface area contributed by atoms with Crippen molar-refractivity contribution in [3.63, 3.8) is 0 Å². The van der Waals surface area contributed by atoms with Crippen LogP contribution in [0.25, 0.3) is 11.1 Å². The van der Waals surface area contributed by atoms with Gasteiger partial charge >= 0.3 is 0 Å². The lowest BCUT2D eigenvalue weighted by Gasteiger charge is -2.27. The van der Waals surface area contributed by atoms with Crippen LogP contribution < -0.4 is 4.74 Å². The third-order valence-electron chi connectivity index (χ3n) is 5.02. The molecule has 126 valence electrons. The summed E-state index contributed by atoms with van der Waals surface area (Å²) in [5.41, 5.74) is 3.81. The summed E-state index contributed by atoms with van der Waals surface area (Å²) in [4.78, 5) is 0. The van der Waals surface area contributed by atoms with Gasteiger partial charge in [-0.05, 0) is 66.3 Å². The molecule has 0 aromatic heterocycles. The summed E-state index contributed by atoms with van der Waals surface area (Å²) >= 11 is 0. The maximum Gasteiger partial charge on any atom is 0.123 e. The highest BCUT2D eigenvalue weighted by Crippen LogP contribution is 2.36. The first kappa shape index (κ1) is 16.8. The van der Waals surface area contributed by atoms with Gasteiger partial charge in [0.05, 0.1) is 0 Å². The number of alkyl halides is 1. The van der Waals surface area contributed by atoms with Gasteiger partial charge in [-0.3, -0.25) is 0 Å². The van der Waals surface area contributed by atoms with E-state index in [2.05, 4.69) is 36.9 Å². The van der Waals surface area contributed by atoms with Gasteiger partial charge in [0.1, 0.15) is 19.0 Å². The molecule has 0 aliphatic heterocycles. The Balaban J connectivity index is 1.65. The fourth-order valence-corrected chi connectivity index (χ4v) is 3.54. The maximum absolute atomic E-state index is 12.1. The van der Waals surface area contributed by atoms with E-state index in [4.69, 9.17) is 4.74 Å². The molecule has 2 aromatic rings. The van der Waals surface area contributed by atoms with Gasteiger partial charge in [-0.15, -0.1) is 6.58 Å². The lowest BCUT2D eigenvalue weighted by atomic mass is 9.78. The molecule has 0 heterocycles. The molecular weight excluding hydrogens is 299 g/mol. The van der Waals surface area contributed by atoms with E-state index < -0.39 is 6.67 Å². The Bertz CT molecular complexity index is 637. The molecule has 1 aliphatic carbocycles. The van der Waals surface area contributed by atoms with Gasteiger partial charge in [0.15, 0.2) is 0 Å². The number of rotatable bonds is 6. The highest BCUT2D eigenvalue weighted by molar-refractivity contribution is 5.64. The van der Waals surface area contributed by atoms with E-state index in [0.717, 1.165) is 5.56 Å². The van der Waals surface area contributed by atoms with E-state index in [1.165, 1.54) is 36.8 Å². The number of hydrogen-bond donors (Lipinski definition) is 0. The standard InChI is InChI=1S/C22H25FO/c1-2-17-3-5-18(6-4-17)19-7-9-20(10-8-19)21-11-13-22(14-12-21)24-16-15-23/h2,7-14,17-18H,1,3-6,15-16H2. The molecule has 0 spiro atoms. The SMILES string of the molecule is C=CC1CCC(c2ccc(-c3ccc(OCCF)cc3)cc2)CC1. The zero-order chi connectivity index (χ0) is 16.8.